The van der Waals surface area contributed by atoms with Gasteiger partial charge in [0.25, 0.3) is 5.91 Å². The van der Waals surface area contributed by atoms with Gasteiger partial charge in [0.15, 0.2) is 0 Å². The molecule has 0 spiro atoms. The molecule has 0 N–H and O–H groups in total. The van der Waals surface area contributed by atoms with Crippen LogP contribution < -0.4 is 0 Å². The number of nitrogens with zero attached hydrogens (tertiary/aromatic N) is 3. The number of likely N-dealkylation sites (tertiary alicyclic amines) is 1. The van der Waals surface area contributed by atoms with Crippen molar-refractivity contribution < 1.29 is 4.79 Å². The lowest BCUT2D eigenvalue weighted by Gasteiger charge is -2.34. The summed E-state index contributed by atoms with van der Waals surface area (Å²) in [6, 6.07) is 18.4. The van der Waals surface area contributed by atoms with Gasteiger partial charge >= 0.3 is 0 Å². The monoisotopic (exact) mass is 359 g/mol. The summed E-state index contributed by atoms with van der Waals surface area (Å²) in [6.07, 6.45) is 5.91. The van der Waals surface area contributed by atoms with Gasteiger partial charge < -0.3 is 4.90 Å². The highest BCUT2D eigenvalue weighted by molar-refractivity contribution is 5.94. The van der Waals surface area contributed by atoms with Gasteiger partial charge in [-0.3, -0.25) is 9.48 Å². The Balaban J connectivity index is 1.50. The van der Waals surface area contributed by atoms with Crippen molar-refractivity contribution in [2.45, 2.75) is 32.2 Å². The van der Waals surface area contributed by atoms with Crippen molar-refractivity contribution >= 4 is 5.91 Å². The number of hydrogen-bond donors (Lipinski definition) is 0. The third-order valence-corrected chi connectivity index (χ3v) is 5.41. The minimum Gasteiger partial charge on any atom is -0.338 e. The van der Waals surface area contributed by atoms with Gasteiger partial charge in [-0.15, -0.1) is 0 Å². The molecule has 4 heteroatoms. The van der Waals surface area contributed by atoms with Crippen molar-refractivity contribution in [1.82, 2.24) is 14.7 Å². The number of piperidine rings is 1. The summed E-state index contributed by atoms with van der Waals surface area (Å²) in [4.78, 5) is 15.1. The van der Waals surface area contributed by atoms with Gasteiger partial charge in [-0.25, -0.2) is 0 Å². The van der Waals surface area contributed by atoms with E-state index in [-0.39, 0.29) is 5.91 Å². The van der Waals surface area contributed by atoms with Crippen molar-refractivity contribution in [2.75, 3.05) is 13.1 Å². The molecule has 1 amide bonds. The van der Waals surface area contributed by atoms with E-state index < -0.39 is 0 Å². The van der Waals surface area contributed by atoms with E-state index in [1.165, 1.54) is 11.1 Å². The van der Waals surface area contributed by atoms with Gasteiger partial charge in [-0.2, -0.15) is 5.10 Å². The molecule has 2 heterocycles. The summed E-state index contributed by atoms with van der Waals surface area (Å²) in [6.45, 7) is 4.48. The van der Waals surface area contributed by atoms with Crippen LogP contribution in [-0.2, 0) is 6.54 Å². The molecule has 4 nitrogen and oxygen atoms in total. The standard InChI is InChI=1S/C23H25N3O/c1-18-7-2-3-11-22(18)21-10-5-13-25(17-21)23(27)20-9-4-8-19(15-20)16-26-14-6-12-24-26/h2-4,6-9,11-12,14-15,21H,5,10,13,16-17H2,1H3/t21-/m1/s1. The number of carbonyl (C=O) groups is 1. The van der Waals surface area contributed by atoms with Gasteiger partial charge in [0.1, 0.15) is 0 Å². The molecule has 0 radical (unpaired) electrons. The number of aryl methyl sites for hydroxylation is 1. The zero-order valence-corrected chi connectivity index (χ0v) is 15.7. The van der Waals surface area contributed by atoms with E-state index in [1.807, 2.05) is 46.1 Å². The summed E-state index contributed by atoms with van der Waals surface area (Å²) >= 11 is 0. The van der Waals surface area contributed by atoms with Crippen LogP contribution in [0.1, 0.15) is 45.8 Å². The molecule has 4 rings (SSSR count). The summed E-state index contributed by atoms with van der Waals surface area (Å²) in [5.41, 5.74) is 4.56. The number of amides is 1. The predicted molar refractivity (Wildman–Crippen MR) is 107 cm³/mol. The van der Waals surface area contributed by atoms with E-state index in [0.29, 0.717) is 12.5 Å². The second-order valence-corrected chi connectivity index (χ2v) is 7.35. The maximum Gasteiger partial charge on any atom is 0.253 e. The van der Waals surface area contributed by atoms with E-state index in [1.54, 1.807) is 6.20 Å². The van der Waals surface area contributed by atoms with Crippen molar-refractivity contribution in [3.63, 3.8) is 0 Å². The van der Waals surface area contributed by atoms with Crippen molar-refractivity contribution in [3.05, 3.63) is 89.2 Å². The van der Waals surface area contributed by atoms with Crippen LogP contribution in [-0.4, -0.2) is 33.7 Å². The van der Waals surface area contributed by atoms with Crippen LogP contribution in [0.3, 0.4) is 0 Å². The fraction of sp³-hybridized carbons (Fsp3) is 0.304. The molecule has 1 aliphatic rings. The predicted octanol–water partition coefficient (Wildman–Crippen LogP) is 4.26. The fourth-order valence-electron chi connectivity index (χ4n) is 4.03. The Morgan fingerprint density at radius 2 is 2.04 bits per heavy atom. The van der Waals surface area contributed by atoms with Crippen molar-refractivity contribution in [2.24, 2.45) is 0 Å². The van der Waals surface area contributed by atoms with Crippen LogP contribution in [0.5, 0.6) is 0 Å². The molecule has 0 bridgehead atoms. The van der Waals surface area contributed by atoms with E-state index in [2.05, 4.69) is 36.3 Å². The van der Waals surface area contributed by atoms with Gasteiger partial charge in [0.2, 0.25) is 0 Å². The van der Waals surface area contributed by atoms with E-state index >= 15 is 0 Å². The molecule has 0 unspecified atom stereocenters. The largest absolute Gasteiger partial charge is 0.338 e. The Bertz CT molecular complexity index is 917. The topological polar surface area (TPSA) is 38.1 Å². The molecular formula is C23H25N3O. The number of rotatable bonds is 4. The molecule has 1 aromatic heterocycles. The second-order valence-electron chi connectivity index (χ2n) is 7.35. The van der Waals surface area contributed by atoms with Gasteiger partial charge in [0, 0.05) is 37.0 Å². The van der Waals surface area contributed by atoms with E-state index in [4.69, 9.17) is 0 Å². The van der Waals surface area contributed by atoms with Crippen LogP contribution in [0, 0.1) is 6.92 Å². The summed E-state index contributed by atoms with van der Waals surface area (Å²) in [7, 11) is 0. The molecular weight excluding hydrogens is 334 g/mol. The fourth-order valence-corrected chi connectivity index (χ4v) is 4.03. The molecule has 2 aromatic carbocycles. The van der Waals surface area contributed by atoms with Gasteiger partial charge in [-0.1, -0.05) is 36.4 Å². The number of carbonyl (C=O) groups excluding carboxylic acids is 1. The Morgan fingerprint density at radius 1 is 1.15 bits per heavy atom. The summed E-state index contributed by atoms with van der Waals surface area (Å²) in [5.74, 6) is 0.562. The first-order chi connectivity index (χ1) is 13.2. The quantitative estimate of drug-likeness (QED) is 0.698. The number of aromatic nitrogens is 2. The summed E-state index contributed by atoms with van der Waals surface area (Å²) in [5, 5.41) is 4.25. The molecule has 27 heavy (non-hydrogen) atoms. The first-order valence-corrected chi connectivity index (χ1v) is 9.62. The first-order valence-electron chi connectivity index (χ1n) is 9.62. The molecule has 3 aromatic rings. The van der Waals surface area contributed by atoms with E-state index in [9.17, 15) is 4.79 Å². The lowest BCUT2D eigenvalue weighted by molar-refractivity contribution is 0.0706. The lowest BCUT2D eigenvalue weighted by atomic mass is 9.87. The minimum absolute atomic E-state index is 0.135. The van der Waals surface area contributed by atoms with Crippen LogP contribution in [0.4, 0.5) is 0 Å². The molecule has 1 aliphatic heterocycles. The smallest absolute Gasteiger partial charge is 0.253 e. The molecule has 0 saturated carbocycles. The molecule has 1 fully saturated rings. The zero-order valence-electron chi connectivity index (χ0n) is 15.7. The van der Waals surface area contributed by atoms with E-state index in [0.717, 1.165) is 37.1 Å². The molecule has 1 atom stereocenters. The van der Waals surface area contributed by atoms with Crippen LogP contribution in [0.25, 0.3) is 0 Å². The lowest BCUT2D eigenvalue weighted by Crippen LogP contribution is -2.39. The third-order valence-electron chi connectivity index (χ3n) is 5.41. The van der Waals surface area contributed by atoms with Crippen LogP contribution >= 0.6 is 0 Å². The van der Waals surface area contributed by atoms with Gasteiger partial charge in [0.05, 0.1) is 6.54 Å². The molecule has 0 aliphatic carbocycles. The normalized spacial score (nSPS) is 17.1. The molecule has 138 valence electrons. The highest BCUT2D eigenvalue weighted by Crippen LogP contribution is 2.29. The zero-order chi connectivity index (χ0) is 18.6. The highest BCUT2D eigenvalue weighted by Gasteiger charge is 2.26. The Hall–Kier alpha value is -2.88. The minimum atomic E-state index is 0.135. The SMILES string of the molecule is Cc1ccccc1[C@@H]1CCCN(C(=O)c2cccc(Cn3cccn3)c2)C1. The maximum atomic E-state index is 13.1. The van der Waals surface area contributed by atoms with Crippen molar-refractivity contribution in [1.29, 1.82) is 0 Å². The number of hydrogen-bond acceptors (Lipinski definition) is 2. The Morgan fingerprint density at radius 3 is 2.85 bits per heavy atom. The van der Waals surface area contributed by atoms with Gasteiger partial charge in [-0.05, 0) is 54.7 Å². The third kappa shape index (κ3) is 3.95. The Kier molecular flexibility index (Phi) is 5.05. The second kappa shape index (κ2) is 7.78. The van der Waals surface area contributed by atoms with Crippen LogP contribution in [0.2, 0.25) is 0 Å². The average molecular weight is 359 g/mol. The first kappa shape index (κ1) is 17.5. The highest BCUT2D eigenvalue weighted by atomic mass is 16.2. The average Bonchev–Trinajstić information content (AvgIpc) is 3.21. The molecule has 1 saturated heterocycles. The maximum absolute atomic E-state index is 13.1. The van der Waals surface area contributed by atoms with Crippen LogP contribution in [0.15, 0.2) is 67.0 Å². The summed E-state index contributed by atoms with van der Waals surface area (Å²) < 4.78 is 1.87. The van der Waals surface area contributed by atoms with Crippen molar-refractivity contribution in [3.8, 4) is 0 Å². The number of benzene rings is 2. The Labute approximate surface area is 160 Å².